The van der Waals surface area contributed by atoms with Crippen molar-refractivity contribution >= 4 is 34.4 Å². The van der Waals surface area contributed by atoms with Crippen LogP contribution in [0.3, 0.4) is 0 Å². The zero-order valence-corrected chi connectivity index (χ0v) is 17.7. The molecular weight excluding hydrogens is 410 g/mol. The number of hydrogen-bond acceptors (Lipinski definition) is 6. The van der Waals surface area contributed by atoms with Gasteiger partial charge in [-0.25, -0.2) is 14.4 Å². The van der Waals surface area contributed by atoms with Crippen LogP contribution in [0.4, 0.5) is 5.69 Å². The van der Waals surface area contributed by atoms with Crippen molar-refractivity contribution in [3.8, 4) is 17.5 Å². The van der Waals surface area contributed by atoms with E-state index in [9.17, 15) is 10.1 Å². The molecule has 0 amide bonds. The molecule has 154 valence electrons. The Bertz CT molecular complexity index is 1300. The summed E-state index contributed by atoms with van der Waals surface area (Å²) in [5.41, 5.74) is 2.94. The molecule has 0 spiro atoms. The first kappa shape index (κ1) is 20.3. The molecule has 0 aliphatic rings. The predicted octanol–water partition coefficient (Wildman–Crippen LogP) is 3.91. The van der Waals surface area contributed by atoms with E-state index in [0.717, 1.165) is 11.3 Å². The van der Waals surface area contributed by atoms with Gasteiger partial charge >= 0.3 is 0 Å². The topological polar surface area (TPSA) is 110 Å². The van der Waals surface area contributed by atoms with Crippen LogP contribution >= 0.6 is 11.3 Å². The van der Waals surface area contributed by atoms with Gasteiger partial charge in [0.1, 0.15) is 0 Å². The van der Waals surface area contributed by atoms with Crippen molar-refractivity contribution in [2.24, 2.45) is 0 Å². The zero-order chi connectivity index (χ0) is 22.0. The molecule has 8 nitrogen and oxygen atoms in total. The van der Waals surface area contributed by atoms with Crippen LogP contribution in [0.15, 0.2) is 60.2 Å². The van der Waals surface area contributed by atoms with Gasteiger partial charge in [-0.15, -0.1) is 11.3 Å². The van der Waals surface area contributed by atoms with Crippen molar-refractivity contribution in [1.29, 1.82) is 10.7 Å². The Morgan fingerprint density at radius 3 is 2.84 bits per heavy atom. The maximum Gasteiger partial charge on any atom is 0.209 e. The van der Waals surface area contributed by atoms with E-state index >= 15 is 0 Å². The van der Waals surface area contributed by atoms with Crippen LogP contribution in [-0.4, -0.2) is 32.4 Å². The summed E-state index contributed by atoms with van der Waals surface area (Å²) in [5, 5.41) is 26.9. The summed E-state index contributed by atoms with van der Waals surface area (Å²) in [7, 11) is 0. The molecule has 0 radical (unpaired) electrons. The summed E-state index contributed by atoms with van der Waals surface area (Å²) in [4.78, 5) is 19.0. The van der Waals surface area contributed by atoms with Gasteiger partial charge in [-0.1, -0.05) is 18.2 Å². The summed E-state index contributed by atoms with van der Waals surface area (Å²) in [5.74, 6) is -0.121. The Kier molecular flexibility index (Phi) is 5.47. The van der Waals surface area contributed by atoms with Gasteiger partial charge in [0.15, 0.2) is 11.8 Å². The average Bonchev–Trinajstić information content (AvgIpc) is 3.43. The van der Waals surface area contributed by atoms with Crippen LogP contribution in [0.25, 0.3) is 16.9 Å². The molecule has 0 unspecified atom stereocenters. The van der Waals surface area contributed by atoms with E-state index in [1.54, 1.807) is 35.0 Å². The Balaban J connectivity index is 1.75. The molecule has 0 aliphatic heterocycles. The quantitative estimate of drug-likeness (QED) is 0.164. The van der Waals surface area contributed by atoms with Gasteiger partial charge in [0.25, 0.3) is 0 Å². The standard InChI is InChI=1S/C22H19N7OS/c1-14(2)27-22(24)28(13-23)16-6-3-5-15(11-16)18-8-9-25-21-17(12-26-29(18)21)20(30)19-7-4-10-31-19/h3-12,14H,1-2H3,(H2,24,27). The van der Waals surface area contributed by atoms with E-state index < -0.39 is 0 Å². The summed E-state index contributed by atoms with van der Waals surface area (Å²) in [6.45, 7) is 3.81. The minimum Gasteiger partial charge on any atom is -0.353 e. The summed E-state index contributed by atoms with van der Waals surface area (Å²) < 4.78 is 1.62. The smallest absolute Gasteiger partial charge is 0.209 e. The normalized spacial score (nSPS) is 10.8. The number of rotatable bonds is 5. The number of aromatic nitrogens is 3. The van der Waals surface area contributed by atoms with E-state index in [1.807, 2.05) is 43.6 Å². The number of nitrogens with one attached hydrogen (secondary N) is 2. The van der Waals surface area contributed by atoms with Gasteiger partial charge in [0.05, 0.1) is 28.0 Å². The number of benzene rings is 1. The number of carbonyl (C=O) groups is 1. The molecule has 4 aromatic rings. The van der Waals surface area contributed by atoms with E-state index in [1.165, 1.54) is 22.4 Å². The lowest BCUT2D eigenvalue weighted by atomic mass is 10.1. The molecule has 0 saturated heterocycles. The number of anilines is 1. The van der Waals surface area contributed by atoms with Gasteiger partial charge in [0, 0.05) is 17.8 Å². The monoisotopic (exact) mass is 429 g/mol. The molecule has 4 rings (SSSR count). The fourth-order valence-electron chi connectivity index (χ4n) is 3.19. The third-order valence-corrected chi connectivity index (χ3v) is 5.41. The SMILES string of the molecule is CC(C)NC(=N)N(C#N)c1cccc(-c2ccnc3c(C(=O)c4cccs4)cnn23)c1. The van der Waals surface area contributed by atoms with Gasteiger partial charge in [-0.05, 0) is 43.5 Å². The molecule has 9 heteroatoms. The van der Waals surface area contributed by atoms with E-state index in [4.69, 9.17) is 5.41 Å². The lowest BCUT2D eigenvalue weighted by molar-refractivity contribution is 0.104. The number of thiophene rings is 1. The van der Waals surface area contributed by atoms with Crippen molar-refractivity contribution in [1.82, 2.24) is 19.9 Å². The largest absolute Gasteiger partial charge is 0.353 e. The summed E-state index contributed by atoms with van der Waals surface area (Å²) in [6.07, 6.45) is 5.20. The summed E-state index contributed by atoms with van der Waals surface area (Å²) in [6, 6.07) is 12.7. The first-order valence-electron chi connectivity index (χ1n) is 9.56. The Hall–Kier alpha value is -4.03. The van der Waals surface area contributed by atoms with Crippen LogP contribution in [0.5, 0.6) is 0 Å². The first-order chi connectivity index (χ1) is 15.0. The average molecular weight is 430 g/mol. The number of fused-ring (bicyclic) bond motifs is 1. The van der Waals surface area contributed by atoms with Crippen LogP contribution in [0, 0.1) is 16.9 Å². The Labute approximate surface area is 182 Å². The van der Waals surface area contributed by atoms with Crippen molar-refractivity contribution in [3.05, 3.63) is 70.7 Å². The van der Waals surface area contributed by atoms with Crippen molar-refractivity contribution in [2.45, 2.75) is 19.9 Å². The number of guanidine groups is 1. The number of nitriles is 1. The number of nitrogens with zero attached hydrogens (tertiary/aromatic N) is 5. The molecule has 2 N–H and O–H groups in total. The highest BCUT2D eigenvalue weighted by Gasteiger charge is 2.19. The van der Waals surface area contributed by atoms with Crippen LogP contribution < -0.4 is 10.2 Å². The first-order valence-corrected chi connectivity index (χ1v) is 10.4. The van der Waals surface area contributed by atoms with Gasteiger partial charge in [-0.2, -0.15) is 10.4 Å². The lowest BCUT2D eigenvalue weighted by Gasteiger charge is -2.20. The molecule has 0 aliphatic carbocycles. The van der Waals surface area contributed by atoms with E-state index in [0.29, 0.717) is 21.8 Å². The second kappa shape index (κ2) is 8.38. The summed E-state index contributed by atoms with van der Waals surface area (Å²) >= 11 is 1.38. The fraction of sp³-hybridized carbons (Fsp3) is 0.136. The maximum absolute atomic E-state index is 12.8. The number of carbonyl (C=O) groups excluding carboxylic acids is 1. The molecule has 0 atom stereocenters. The van der Waals surface area contributed by atoms with Crippen molar-refractivity contribution in [3.63, 3.8) is 0 Å². The maximum atomic E-state index is 12.8. The minimum atomic E-state index is -0.118. The second-order valence-electron chi connectivity index (χ2n) is 7.06. The molecule has 31 heavy (non-hydrogen) atoms. The number of hydrogen-bond donors (Lipinski definition) is 2. The van der Waals surface area contributed by atoms with Crippen molar-refractivity contribution in [2.75, 3.05) is 4.90 Å². The van der Waals surface area contributed by atoms with E-state index in [2.05, 4.69) is 15.4 Å². The molecular formula is C22H19N7OS. The van der Waals surface area contributed by atoms with Crippen LogP contribution in [-0.2, 0) is 0 Å². The van der Waals surface area contributed by atoms with Gasteiger partial charge in [0.2, 0.25) is 11.7 Å². The highest BCUT2D eigenvalue weighted by atomic mass is 32.1. The fourth-order valence-corrected chi connectivity index (χ4v) is 3.87. The van der Waals surface area contributed by atoms with Crippen LogP contribution in [0.2, 0.25) is 0 Å². The third kappa shape index (κ3) is 3.89. The number of ketones is 1. The minimum absolute atomic E-state index is 0.00237. The second-order valence-corrected chi connectivity index (χ2v) is 8.01. The van der Waals surface area contributed by atoms with E-state index in [-0.39, 0.29) is 17.8 Å². The Morgan fingerprint density at radius 1 is 1.29 bits per heavy atom. The van der Waals surface area contributed by atoms with Gasteiger partial charge < -0.3 is 5.32 Å². The molecule has 3 aromatic heterocycles. The lowest BCUT2D eigenvalue weighted by Crippen LogP contribution is -2.41. The predicted molar refractivity (Wildman–Crippen MR) is 120 cm³/mol. The molecule has 3 heterocycles. The molecule has 0 saturated carbocycles. The highest BCUT2D eigenvalue weighted by molar-refractivity contribution is 7.12. The van der Waals surface area contributed by atoms with Gasteiger partial charge in [-0.3, -0.25) is 10.2 Å². The molecule has 0 fully saturated rings. The van der Waals surface area contributed by atoms with Crippen molar-refractivity contribution < 1.29 is 4.79 Å². The third-order valence-electron chi connectivity index (χ3n) is 4.54. The van der Waals surface area contributed by atoms with Crippen LogP contribution in [0.1, 0.15) is 29.1 Å². The zero-order valence-electron chi connectivity index (χ0n) is 16.9. The molecule has 0 bridgehead atoms. The molecule has 1 aromatic carbocycles. The highest BCUT2D eigenvalue weighted by Crippen LogP contribution is 2.26. The Morgan fingerprint density at radius 2 is 2.13 bits per heavy atom.